The molecule has 1 N–H and O–H groups in total. The minimum Gasteiger partial charge on any atom is -0.342 e. The third-order valence-corrected chi connectivity index (χ3v) is 6.20. The summed E-state index contributed by atoms with van der Waals surface area (Å²) in [6.45, 7) is 6.47. The molecule has 1 atom stereocenters. The number of carbonyl (C=O) groups excluding carboxylic acids is 1. The monoisotopic (exact) mass is 339 g/mol. The molecule has 4 rings (SSSR count). The second-order valence-corrected chi connectivity index (χ2v) is 8.30. The second-order valence-electron chi connectivity index (χ2n) is 7.45. The Kier molecular flexibility index (Phi) is 3.39. The zero-order chi connectivity index (χ0) is 16.9. The average molecular weight is 339 g/mol. The lowest BCUT2D eigenvalue weighted by Gasteiger charge is -2.44. The number of pyridine rings is 1. The smallest absolute Gasteiger partial charge is 0.162 e. The van der Waals surface area contributed by atoms with Crippen LogP contribution in [0, 0.1) is 5.41 Å². The lowest BCUT2D eigenvalue weighted by atomic mass is 9.62. The van der Waals surface area contributed by atoms with Crippen LogP contribution in [0.4, 0.5) is 5.82 Å². The zero-order valence-electron chi connectivity index (χ0n) is 14.2. The van der Waals surface area contributed by atoms with Gasteiger partial charge in [0.05, 0.1) is 15.8 Å². The number of carbonyl (C=O) groups is 1. The van der Waals surface area contributed by atoms with Crippen LogP contribution in [-0.4, -0.2) is 15.8 Å². The van der Waals surface area contributed by atoms with Gasteiger partial charge in [0.15, 0.2) is 5.78 Å². The van der Waals surface area contributed by atoms with Crippen LogP contribution >= 0.6 is 11.3 Å². The maximum Gasteiger partial charge on any atom is 0.162 e. The van der Waals surface area contributed by atoms with E-state index in [1.54, 1.807) is 17.5 Å². The van der Waals surface area contributed by atoms with Crippen LogP contribution in [0.25, 0.3) is 0 Å². The highest BCUT2D eigenvalue weighted by molar-refractivity contribution is 7.10. The number of rotatable bonds is 2. The summed E-state index contributed by atoms with van der Waals surface area (Å²) in [4.78, 5) is 23.2. The summed E-state index contributed by atoms with van der Waals surface area (Å²) >= 11 is 1.62. The first kappa shape index (κ1) is 15.5. The Morgan fingerprint density at radius 1 is 1.33 bits per heavy atom. The van der Waals surface area contributed by atoms with Crippen molar-refractivity contribution in [2.24, 2.45) is 5.41 Å². The minimum atomic E-state index is -0.432. The van der Waals surface area contributed by atoms with Crippen LogP contribution in [0.3, 0.4) is 0 Å². The van der Waals surface area contributed by atoms with Gasteiger partial charge in [-0.3, -0.25) is 9.78 Å². The second kappa shape index (κ2) is 5.24. The molecular weight excluding hydrogens is 318 g/mol. The van der Waals surface area contributed by atoms with Gasteiger partial charge in [0.25, 0.3) is 0 Å². The van der Waals surface area contributed by atoms with E-state index in [0.29, 0.717) is 6.42 Å². The summed E-state index contributed by atoms with van der Waals surface area (Å²) in [5.74, 6) is 1.15. The lowest BCUT2D eigenvalue weighted by Crippen LogP contribution is -2.43. The van der Waals surface area contributed by atoms with Crippen LogP contribution in [0.1, 0.15) is 50.5 Å². The third kappa shape index (κ3) is 2.07. The molecule has 0 saturated heterocycles. The molecular formula is C19H21N3OS. The molecule has 0 radical (unpaired) electrons. The molecule has 0 amide bonds. The van der Waals surface area contributed by atoms with E-state index in [1.165, 1.54) is 0 Å². The molecule has 0 aromatic carbocycles. The molecule has 5 heteroatoms. The van der Waals surface area contributed by atoms with Crippen LogP contribution in [-0.2, 0) is 10.2 Å². The fourth-order valence-corrected chi connectivity index (χ4v) is 5.29. The quantitative estimate of drug-likeness (QED) is 0.886. The van der Waals surface area contributed by atoms with Crippen LogP contribution < -0.4 is 5.32 Å². The fraction of sp³-hybridized carbons (Fsp3) is 0.421. The first-order chi connectivity index (χ1) is 11.5. The number of thiazole rings is 1. The van der Waals surface area contributed by atoms with Gasteiger partial charge in [-0.1, -0.05) is 26.8 Å². The van der Waals surface area contributed by atoms with Gasteiger partial charge in [-0.15, -0.1) is 11.3 Å². The van der Waals surface area contributed by atoms with Crippen molar-refractivity contribution in [2.45, 2.75) is 45.4 Å². The van der Waals surface area contributed by atoms with Crippen molar-refractivity contribution in [3.63, 3.8) is 0 Å². The molecule has 1 unspecified atom stereocenters. The number of hydrogen-bond donors (Lipinski definition) is 1. The maximum absolute atomic E-state index is 13.2. The number of fused-ring (bicyclic) bond motifs is 1. The fourth-order valence-electron chi connectivity index (χ4n) is 4.25. The highest BCUT2D eigenvalue weighted by atomic mass is 32.1. The maximum atomic E-state index is 13.2. The van der Waals surface area contributed by atoms with Crippen molar-refractivity contribution >= 4 is 22.9 Å². The van der Waals surface area contributed by atoms with Crippen molar-refractivity contribution < 1.29 is 4.79 Å². The summed E-state index contributed by atoms with van der Waals surface area (Å²) in [7, 11) is 0. The first-order valence-electron chi connectivity index (χ1n) is 8.36. The van der Waals surface area contributed by atoms with E-state index in [9.17, 15) is 4.79 Å². The number of ketones is 1. The lowest BCUT2D eigenvalue weighted by molar-refractivity contribution is -0.118. The van der Waals surface area contributed by atoms with Crippen LogP contribution in [0.2, 0.25) is 0 Å². The Bertz CT molecular complexity index is 837. The Hall–Kier alpha value is -2.01. The van der Waals surface area contributed by atoms with Gasteiger partial charge in [0, 0.05) is 30.1 Å². The molecule has 0 bridgehead atoms. The van der Waals surface area contributed by atoms with Gasteiger partial charge in [-0.25, -0.2) is 4.98 Å². The van der Waals surface area contributed by atoms with E-state index < -0.39 is 5.41 Å². The molecule has 0 spiro atoms. The molecule has 24 heavy (non-hydrogen) atoms. The van der Waals surface area contributed by atoms with E-state index in [2.05, 4.69) is 42.1 Å². The van der Waals surface area contributed by atoms with Crippen molar-refractivity contribution in [3.8, 4) is 0 Å². The zero-order valence-corrected chi connectivity index (χ0v) is 15.0. The highest BCUT2D eigenvalue weighted by Gasteiger charge is 2.50. The average Bonchev–Trinajstić information content (AvgIpc) is 3.01. The minimum absolute atomic E-state index is 0.0230. The number of nitrogens with zero attached hydrogens (tertiary/aromatic N) is 2. The molecule has 124 valence electrons. The SMILES string of the molecule is CCC1(c2cccnc2)C2=C(CC(C)(C)CC2=O)Nc2ncsc21. The van der Waals surface area contributed by atoms with Crippen molar-refractivity contribution in [3.05, 3.63) is 51.7 Å². The number of hydrogen-bond acceptors (Lipinski definition) is 5. The normalized spacial score (nSPS) is 25.0. The van der Waals surface area contributed by atoms with Crippen molar-refractivity contribution in [2.75, 3.05) is 5.32 Å². The van der Waals surface area contributed by atoms with E-state index in [0.717, 1.165) is 40.4 Å². The Morgan fingerprint density at radius 3 is 2.88 bits per heavy atom. The first-order valence-corrected chi connectivity index (χ1v) is 9.24. The summed E-state index contributed by atoms with van der Waals surface area (Å²) in [6.07, 6.45) is 5.95. The van der Waals surface area contributed by atoms with Gasteiger partial charge in [-0.2, -0.15) is 0 Å². The molecule has 1 aliphatic heterocycles. The van der Waals surface area contributed by atoms with Gasteiger partial charge >= 0.3 is 0 Å². The largest absolute Gasteiger partial charge is 0.342 e. The molecule has 3 heterocycles. The Labute approximate surface area is 146 Å². The predicted molar refractivity (Wildman–Crippen MR) is 96.1 cm³/mol. The van der Waals surface area contributed by atoms with Gasteiger partial charge in [0.1, 0.15) is 5.82 Å². The predicted octanol–water partition coefficient (Wildman–Crippen LogP) is 4.30. The summed E-state index contributed by atoms with van der Waals surface area (Å²) in [5.41, 5.74) is 4.46. The van der Waals surface area contributed by atoms with Gasteiger partial charge in [-0.05, 0) is 29.9 Å². The molecule has 2 aliphatic rings. The van der Waals surface area contributed by atoms with E-state index >= 15 is 0 Å². The molecule has 2 aromatic rings. The van der Waals surface area contributed by atoms with Gasteiger partial charge in [0.2, 0.25) is 0 Å². The standard InChI is InChI=1S/C19H21N3OS/c1-4-19(12-6-5-7-20-10-12)15-13(8-18(2,3)9-14(15)23)22-17-16(19)24-11-21-17/h5-7,10-11,22H,4,8-9H2,1-3H3. The van der Waals surface area contributed by atoms with Gasteiger partial charge < -0.3 is 5.32 Å². The molecule has 1 aliphatic carbocycles. The molecule has 2 aromatic heterocycles. The third-order valence-electron chi connectivity index (χ3n) is 5.21. The van der Waals surface area contributed by atoms with Crippen molar-refractivity contribution in [1.82, 2.24) is 9.97 Å². The van der Waals surface area contributed by atoms with Crippen LogP contribution in [0.15, 0.2) is 41.3 Å². The van der Waals surface area contributed by atoms with E-state index in [-0.39, 0.29) is 11.2 Å². The number of aromatic nitrogens is 2. The number of Topliss-reactive ketones (excluding diaryl/α,β-unsaturated/α-hetero) is 1. The number of nitrogens with one attached hydrogen (secondary N) is 1. The van der Waals surface area contributed by atoms with E-state index in [1.807, 2.05) is 17.8 Å². The van der Waals surface area contributed by atoms with Crippen molar-refractivity contribution in [1.29, 1.82) is 0 Å². The molecule has 0 fully saturated rings. The van der Waals surface area contributed by atoms with Crippen LogP contribution in [0.5, 0.6) is 0 Å². The molecule has 0 saturated carbocycles. The molecule has 4 nitrogen and oxygen atoms in total. The Morgan fingerprint density at radius 2 is 2.17 bits per heavy atom. The number of allylic oxidation sites excluding steroid dienone is 2. The topological polar surface area (TPSA) is 54.9 Å². The highest BCUT2D eigenvalue weighted by Crippen LogP contribution is 2.54. The summed E-state index contributed by atoms with van der Waals surface area (Å²) in [5, 5.41) is 3.46. The Balaban J connectivity index is 2.03. The number of anilines is 1. The summed E-state index contributed by atoms with van der Waals surface area (Å²) < 4.78 is 0. The van der Waals surface area contributed by atoms with E-state index in [4.69, 9.17) is 0 Å². The summed E-state index contributed by atoms with van der Waals surface area (Å²) in [6, 6.07) is 4.04.